The Labute approximate surface area is 70.9 Å². The Balaban J connectivity index is -0.000000140. The molecule has 0 aromatic rings. The van der Waals surface area contributed by atoms with Gasteiger partial charge in [-0.05, 0) is 13.8 Å². The average Bonchev–Trinajstić information content (AvgIpc) is 1.62. The lowest BCUT2D eigenvalue weighted by atomic mass is 10.5. The summed E-state index contributed by atoms with van der Waals surface area (Å²) in [5.41, 5.74) is 0. The minimum absolute atomic E-state index is 0. The predicted octanol–water partition coefficient (Wildman–Crippen LogP) is 3.01. The van der Waals surface area contributed by atoms with Crippen LogP contribution in [0.3, 0.4) is 0 Å². The minimum Gasteiger partial charge on any atom is -0.463 e. The Hall–Kier alpha value is -0.530. The predicted molar refractivity (Wildman–Crippen MR) is 49.6 cm³/mol. The summed E-state index contributed by atoms with van der Waals surface area (Å²) < 4.78 is 4.61. The van der Waals surface area contributed by atoms with Crippen LogP contribution in [0.25, 0.3) is 0 Å². The molecule has 0 amide bonds. The Morgan fingerprint density at radius 1 is 1.36 bits per heavy atom. The van der Waals surface area contributed by atoms with Gasteiger partial charge in [0.1, 0.15) is 0 Å². The first kappa shape index (κ1) is 16.8. The molecule has 0 rings (SSSR count). The zero-order chi connectivity index (χ0) is 8.57. The Morgan fingerprint density at radius 2 is 1.64 bits per heavy atom. The van der Waals surface area contributed by atoms with Crippen molar-refractivity contribution in [3.63, 3.8) is 0 Å². The van der Waals surface area contributed by atoms with Gasteiger partial charge in [0.15, 0.2) is 0 Å². The van der Waals surface area contributed by atoms with Crippen LogP contribution >= 0.6 is 0 Å². The summed E-state index contributed by atoms with van der Waals surface area (Å²) in [6, 6.07) is 0. The van der Waals surface area contributed by atoms with Gasteiger partial charge in [-0.1, -0.05) is 27.7 Å². The fourth-order valence-electron chi connectivity index (χ4n) is 0.332. The van der Waals surface area contributed by atoms with Crippen molar-refractivity contribution in [3.05, 3.63) is 0 Å². The van der Waals surface area contributed by atoms with Gasteiger partial charge in [-0.2, -0.15) is 0 Å². The topological polar surface area (TPSA) is 26.3 Å². The third kappa shape index (κ3) is 43.9. The van der Waals surface area contributed by atoms with E-state index in [9.17, 15) is 4.79 Å². The number of hydrogen-bond acceptors (Lipinski definition) is 2. The van der Waals surface area contributed by atoms with Crippen molar-refractivity contribution in [3.8, 4) is 0 Å². The minimum atomic E-state index is -0.213. The molecule has 2 heteroatoms. The monoisotopic (exact) mass is 162 g/mol. The van der Waals surface area contributed by atoms with Gasteiger partial charge in [-0.25, -0.2) is 0 Å². The molecule has 0 fully saturated rings. The van der Waals surface area contributed by atoms with Gasteiger partial charge in [-0.15, -0.1) is 0 Å². The van der Waals surface area contributed by atoms with E-state index in [-0.39, 0.29) is 19.5 Å². The normalized spacial score (nSPS) is 7.45. The van der Waals surface area contributed by atoms with Crippen LogP contribution in [0.4, 0.5) is 0 Å². The van der Waals surface area contributed by atoms with E-state index >= 15 is 0 Å². The van der Waals surface area contributed by atoms with Gasteiger partial charge in [0, 0.05) is 6.92 Å². The largest absolute Gasteiger partial charge is 0.463 e. The SMILES string of the molecule is C.CC(=O)OC(C)C.CCC. The molecule has 0 saturated heterocycles. The molecule has 0 aliphatic heterocycles. The number of carbonyl (C=O) groups is 1. The number of esters is 1. The van der Waals surface area contributed by atoms with E-state index in [2.05, 4.69) is 18.6 Å². The van der Waals surface area contributed by atoms with Crippen LogP contribution in [0, 0.1) is 0 Å². The molecule has 0 spiro atoms. The zero-order valence-corrected chi connectivity index (χ0v) is 7.60. The first-order valence-corrected chi connectivity index (χ1v) is 3.71. The van der Waals surface area contributed by atoms with Crippen LogP contribution in [-0.2, 0) is 9.53 Å². The van der Waals surface area contributed by atoms with Crippen LogP contribution in [0.5, 0.6) is 0 Å². The van der Waals surface area contributed by atoms with Crippen molar-refractivity contribution in [2.24, 2.45) is 0 Å². The van der Waals surface area contributed by atoms with Crippen LogP contribution in [0.1, 0.15) is 48.5 Å². The molecule has 0 aliphatic carbocycles. The highest BCUT2D eigenvalue weighted by molar-refractivity contribution is 5.66. The Bertz CT molecular complexity index is 77.6. The summed E-state index contributed by atoms with van der Waals surface area (Å²) in [6.07, 6.45) is 1.28. The first-order chi connectivity index (χ1) is 4.54. The lowest BCUT2D eigenvalue weighted by molar-refractivity contribution is -0.144. The highest BCUT2D eigenvalue weighted by atomic mass is 16.5. The second-order valence-corrected chi connectivity index (χ2v) is 2.37. The summed E-state index contributed by atoms with van der Waals surface area (Å²) in [5.74, 6) is -0.213. The van der Waals surface area contributed by atoms with Crippen molar-refractivity contribution < 1.29 is 9.53 Å². The Kier molecular flexibility index (Phi) is 18.6. The first-order valence-electron chi connectivity index (χ1n) is 3.71. The maximum Gasteiger partial charge on any atom is 0.302 e. The van der Waals surface area contributed by atoms with Crippen molar-refractivity contribution in [1.29, 1.82) is 0 Å². The summed E-state index contributed by atoms with van der Waals surface area (Å²) >= 11 is 0. The van der Waals surface area contributed by atoms with Gasteiger partial charge in [0.25, 0.3) is 0 Å². The van der Waals surface area contributed by atoms with Gasteiger partial charge >= 0.3 is 5.97 Å². The molecule has 70 valence electrons. The summed E-state index contributed by atoms with van der Waals surface area (Å²) in [4.78, 5) is 10.0. The van der Waals surface area contributed by atoms with E-state index in [0.29, 0.717) is 0 Å². The van der Waals surface area contributed by atoms with E-state index in [1.54, 1.807) is 0 Å². The van der Waals surface area contributed by atoms with Crippen molar-refractivity contribution >= 4 is 5.97 Å². The third-order valence-corrected chi connectivity index (χ3v) is 0.402. The second kappa shape index (κ2) is 12.2. The van der Waals surface area contributed by atoms with Crippen LogP contribution in [0.15, 0.2) is 0 Å². The van der Waals surface area contributed by atoms with E-state index in [1.165, 1.54) is 13.3 Å². The van der Waals surface area contributed by atoms with Gasteiger partial charge < -0.3 is 4.74 Å². The van der Waals surface area contributed by atoms with Crippen LogP contribution < -0.4 is 0 Å². The highest BCUT2D eigenvalue weighted by Crippen LogP contribution is 1.85. The van der Waals surface area contributed by atoms with Gasteiger partial charge in [-0.3, -0.25) is 4.79 Å². The molecule has 11 heavy (non-hydrogen) atoms. The van der Waals surface area contributed by atoms with Gasteiger partial charge in [0.05, 0.1) is 6.10 Å². The number of ether oxygens (including phenoxy) is 1. The molecular weight excluding hydrogens is 140 g/mol. The highest BCUT2D eigenvalue weighted by Gasteiger charge is 1.93. The molecule has 0 aliphatic rings. The molecule has 0 unspecified atom stereocenters. The molecule has 0 heterocycles. The van der Waals surface area contributed by atoms with Crippen molar-refractivity contribution in [2.45, 2.75) is 54.6 Å². The molecule has 2 nitrogen and oxygen atoms in total. The third-order valence-electron chi connectivity index (χ3n) is 0.402. The van der Waals surface area contributed by atoms with Crippen LogP contribution in [-0.4, -0.2) is 12.1 Å². The lowest BCUT2D eigenvalue weighted by Gasteiger charge is -2.01. The number of hydrogen-bond donors (Lipinski definition) is 0. The van der Waals surface area contributed by atoms with Crippen molar-refractivity contribution in [2.75, 3.05) is 0 Å². The summed E-state index contributed by atoms with van der Waals surface area (Å²) in [7, 11) is 0. The van der Waals surface area contributed by atoms with E-state index < -0.39 is 0 Å². The fourth-order valence-corrected chi connectivity index (χ4v) is 0.332. The Morgan fingerprint density at radius 3 is 1.64 bits per heavy atom. The standard InChI is InChI=1S/C5H10O2.C3H8.CH4/c1-4(2)7-5(3)6;1-3-2;/h4H,1-3H3;3H2,1-2H3;1H4. The van der Waals surface area contributed by atoms with Gasteiger partial charge in [0.2, 0.25) is 0 Å². The number of rotatable bonds is 1. The summed E-state index contributed by atoms with van der Waals surface area (Å²) in [6.45, 7) is 9.29. The molecule has 0 bridgehead atoms. The van der Waals surface area contributed by atoms with Crippen molar-refractivity contribution in [1.82, 2.24) is 0 Å². The molecular formula is C9H22O2. The van der Waals surface area contributed by atoms with E-state index in [4.69, 9.17) is 0 Å². The number of carbonyl (C=O) groups excluding carboxylic acids is 1. The molecule has 0 radical (unpaired) electrons. The quantitative estimate of drug-likeness (QED) is 0.554. The molecule has 0 atom stereocenters. The average molecular weight is 162 g/mol. The molecule has 0 saturated carbocycles. The molecule has 0 aromatic carbocycles. The maximum absolute atomic E-state index is 10.0. The van der Waals surface area contributed by atoms with Crippen LogP contribution in [0.2, 0.25) is 0 Å². The summed E-state index contributed by atoms with van der Waals surface area (Å²) in [5, 5.41) is 0. The maximum atomic E-state index is 10.0. The zero-order valence-electron chi connectivity index (χ0n) is 7.60. The lowest BCUT2D eigenvalue weighted by Crippen LogP contribution is -2.06. The fraction of sp³-hybridized carbons (Fsp3) is 0.889. The molecule has 0 N–H and O–H groups in total. The molecule has 0 aromatic heterocycles. The smallest absolute Gasteiger partial charge is 0.302 e. The van der Waals surface area contributed by atoms with E-state index in [1.807, 2.05) is 13.8 Å². The van der Waals surface area contributed by atoms with E-state index in [0.717, 1.165) is 0 Å². The second-order valence-electron chi connectivity index (χ2n) is 2.37.